The van der Waals surface area contributed by atoms with Gasteiger partial charge < -0.3 is 15.6 Å². The number of hydrogen-bond acceptors (Lipinski definition) is 3. The molecule has 0 radical (unpaired) electrons. The van der Waals surface area contributed by atoms with E-state index in [0.717, 1.165) is 36.6 Å². The average molecular weight is 230 g/mol. The molecule has 1 aromatic carbocycles. The maximum atomic E-state index is 5.71. The molecule has 0 atom stereocenters. The molecule has 1 fully saturated rings. The lowest BCUT2D eigenvalue weighted by Gasteiger charge is -2.30. The Morgan fingerprint density at radius 3 is 2.76 bits per heavy atom. The van der Waals surface area contributed by atoms with Crippen molar-refractivity contribution >= 4 is 17.0 Å². The minimum atomic E-state index is 0.690. The van der Waals surface area contributed by atoms with Crippen LogP contribution in [-0.2, 0) is 0 Å². The highest BCUT2D eigenvalue weighted by Crippen LogP contribution is 2.22. The van der Waals surface area contributed by atoms with E-state index in [2.05, 4.69) is 20.9 Å². The fourth-order valence-corrected chi connectivity index (χ4v) is 2.47. The molecule has 90 valence electrons. The first-order chi connectivity index (χ1) is 8.36. The lowest BCUT2D eigenvalue weighted by Crippen LogP contribution is -2.36. The number of piperidine rings is 1. The number of benzene rings is 1. The van der Waals surface area contributed by atoms with Gasteiger partial charge in [0.15, 0.2) is 0 Å². The van der Waals surface area contributed by atoms with Gasteiger partial charge in [-0.05, 0) is 37.4 Å². The molecule has 4 nitrogen and oxygen atoms in total. The minimum absolute atomic E-state index is 0.690. The summed E-state index contributed by atoms with van der Waals surface area (Å²) in [4.78, 5) is 10.3. The Morgan fingerprint density at radius 1 is 1.29 bits per heavy atom. The van der Waals surface area contributed by atoms with Crippen LogP contribution in [0.5, 0.6) is 0 Å². The quantitative estimate of drug-likeness (QED) is 0.826. The van der Waals surface area contributed by atoms with E-state index in [1.54, 1.807) is 0 Å². The highest BCUT2D eigenvalue weighted by Gasteiger charge is 2.20. The molecule has 2 heterocycles. The Bertz CT molecular complexity index is 464. The highest BCUT2D eigenvalue weighted by molar-refractivity contribution is 5.77. The molecule has 3 rings (SSSR count). The number of nitrogens with zero attached hydrogens (tertiary/aromatic N) is 2. The molecule has 3 N–H and O–H groups in total. The average Bonchev–Trinajstić information content (AvgIpc) is 2.82. The molecule has 0 spiro atoms. The fourth-order valence-electron chi connectivity index (χ4n) is 2.47. The number of aromatic nitrogens is 2. The van der Waals surface area contributed by atoms with Gasteiger partial charge in [-0.1, -0.05) is 12.1 Å². The minimum Gasteiger partial charge on any atom is -0.342 e. The molecule has 2 aromatic rings. The summed E-state index contributed by atoms with van der Waals surface area (Å²) in [5, 5.41) is 0. The van der Waals surface area contributed by atoms with E-state index < -0.39 is 0 Å². The van der Waals surface area contributed by atoms with E-state index in [4.69, 9.17) is 5.73 Å². The summed E-state index contributed by atoms with van der Waals surface area (Å²) >= 11 is 0. The Kier molecular flexibility index (Phi) is 2.73. The molecule has 0 aliphatic carbocycles. The van der Waals surface area contributed by atoms with Gasteiger partial charge in [0.1, 0.15) is 0 Å². The number of imidazole rings is 1. The largest absolute Gasteiger partial charge is 0.342 e. The van der Waals surface area contributed by atoms with Crippen molar-refractivity contribution in [1.82, 2.24) is 9.97 Å². The van der Waals surface area contributed by atoms with E-state index in [1.165, 1.54) is 12.8 Å². The summed E-state index contributed by atoms with van der Waals surface area (Å²) in [5.41, 5.74) is 7.87. The van der Waals surface area contributed by atoms with E-state index in [-0.39, 0.29) is 0 Å². The van der Waals surface area contributed by atoms with E-state index in [1.807, 2.05) is 18.2 Å². The molecule has 0 saturated carbocycles. The van der Waals surface area contributed by atoms with Gasteiger partial charge in [0, 0.05) is 13.1 Å². The Morgan fingerprint density at radius 2 is 2.06 bits per heavy atom. The van der Waals surface area contributed by atoms with Gasteiger partial charge in [-0.2, -0.15) is 0 Å². The highest BCUT2D eigenvalue weighted by atomic mass is 15.3. The lowest BCUT2D eigenvalue weighted by atomic mass is 9.97. The summed E-state index contributed by atoms with van der Waals surface area (Å²) in [6.45, 7) is 2.93. The van der Waals surface area contributed by atoms with Gasteiger partial charge in [-0.15, -0.1) is 0 Å². The molecule has 17 heavy (non-hydrogen) atoms. The van der Waals surface area contributed by atoms with Gasteiger partial charge in [0.2, 0.25) is 5.95 Å². The third kappa shape index (κ3) is 2.00. The molecule has 4 heteroatoms. The van der Waals surface area contributed by atoms with Crippen molar-refractivity contribution < 1.29 is 0 Å². The number of anilines is 1. The normalized spacial score (nSPS) is 17.8. The number of H-pyrrole nitrogens is 1. The smallest absolute Gasteiger partial charge is 0.203 e. The number of para-hydroxylation sites is 2. The molecule has 1 aliphatic heterocycles. The molecular formula is C13H18N4. The van der Waals surface area contributed by atoms with Gasteiger partial charge in [-0.3, -0.25) is 0 Å². The zero-order valence-corrected chi connectivity index (χ0v) is 9.89. The first kappa shape index (κ1) is 10.6. The van der Waals surface area contributed by atoms with Gasteiger partial charge in [-0.25, -0.2) is 4.98 Å². The second kappa shape index (κ2) is 4.37. The van der Waals surface area contributed by atoms with Crippen LogP contribution in [0.15, 0.2) is 24.3 Å². The van der Waals surface area contributed by atoms with Crippen LogP contribution in [-0.4, -0.2) is 29.6 Å². The second-order valence-corrected chi connectivity index (χ2v) is 4.74. The molecule has 1 saturated heterocycles. The van der Waals surface area contributed by atoms with Crippen molar-refractivity contribution in [3.8, 4) is 0 Å². The first-order valence-electron chi connectivity index (χ1n) is 6.26. The van der Waals surface area contributed by atoms with Crippen LogP contribution in [0.25, 0.3) is 11.0 Å². The molecular weight excluding hydrogens is 212 g/mol. The standard InChI is InChI=1S/C13H18N4/c14-9-10-5-7-17(8-6-10)13-15-11-3-1-2-4-12(11)16-13/h1-4,10H,5-9,14H2,(H,15,16). The predicted octanol–water partition coefficient (Wildman–Crippen LogP) is 1.74. The maximum Gasteiger partial charge on any atom is 0.203 e. The zero-order valence-electron chi connectivity index (χ0n) is 9.89. The van der Waals surface area contributed by atoms with Crippen LogP contribution >= 0.6 is 0 Å². The van der Waals surface area contributed by atoms with Gasteiger partial charge in [0.25, 0.3) is 0 Å². The van der Waals surface area contributed by atoms with Crippen LogP contribution in [0.4, 0.5) is 5.95 Å². The van der Waals surface area contributed by atoms with Crippen LogP contribution in [0.3, 0.4) is 0 Å². The number of fused-ring (bicyclic) bond motifs is 1. The number of nitrogens with two attached hydrogens (primary N) is 1. The first-order valence-corrected chi connectivity index (χ1v) is 6.26. The summed E-state index contributed by atoms with van der Waals surface area (Å²) in [5.74, 6) is 1.69. The predicted molar refractivity (Wildman–Crippen MR) is 70.1 cm³/mol. The summed E-state index contributed by atoms with van der Waals surface area (Å²) < 4.78 is 0. The molecule has 1 aromatic heterocycles. The Balaban J connectivity index is 1.80. The van der Waals surface area contributed by atoms with Crippen molar-refractivity contribution in [2.75, 3.05) is 24.5 Å². The fraction of sp³-hybridized carbons (Fsp3) is 0.462. The van der Waals surface area contributed by atoms with E-state index >= 15 is 0 Å². The molecule has 0 bridgehead atoms. The number of hydrogen-bond donors (Lipinski definition) is 2. The topological polar surface area (TPSA) is 57.9 Å². The van der Waals surface area contributed by atoms with Crippen molar-refractivity contribution in [2.45, 2.75) is 12.8 Å². The van der Waals surface area contributed by atoms with Crippen molar-refractivity contribution in [1.29, 1.82) is 0 Å². The van der Waals surface area contributed by atoms with Crippen molar-refractivity contribution in [2.24, 2.45) is 11.7 Å². The third-order valence-electron chi connectivity index (χ3n) is 3.62. The molecule has 0 unspecified atom stereocenters. The van der Waals surface area contributed by atoms with Gasteiger partial charge in [0.05, 0.1) is 11.0 Å². The summed E-state index contributed by atoms with van der Waals surface area (Å²) in [7, 11) is 0. The Labute approximate surface area is 101 Å². The van der Waals surface area contributed by atoms with Crippen molar-refractivity contribution in [3.05, 3.63) is 24.3 Å². The Hall–Kier alpha value is -1.55. The second-order valence-electron chi connectivity index (χ2n) is 4.74. The third-order valence-corrected chi connectivity index (χ3v) is 3.62. The SMILES string of the molecule is NCC1CCN(c2nc3ccccc3[nH]2)CC1. The molecule has 1 aliphatic rings. The van der Waals surface area contributed by atoms with Crippen LogP contribution in [0, 0.1) is 5.92 Å². The van der Waals surface area contributed by atoms with Gasteiger partial charge >= 0.3 is 0 Å². The molecule has 0 amide bonds. The number of rotatable bonds is 2. The van der Waals surface area contributed by atoms with Crippen molar-refractivity contribution in [3.63, 3.8) is 0 Å². The van der Waals surface area contributed by atoms with E-state index in [9.17, 15) is 0 Å². The monoisotopic (exact) mass is 230 g/mol. The van der Waals surface area contributed by atoms with Crippen LogP contribution in [0.2, 0.25) is 0 Å². The lowest BCUT2D eigenvalue weighted by molar-refractivity contribution is 0.412. The summed E-state index contributed by atoms with van der Waals surface area (Å²) in [6, 6.07) is 8.17. The number of aromatic amines is 1. The van der Waals surface area contributed by atoms with Crippen LogP contribution in [0.1, 0.15) is 12.8 Å². The van der Waals surface area contributed by atoms with Crippen LogP contribution < -0.4 is 10.6 Å². The van der Waals surface area contributed by atoms with E-state index in [0.29, 0.717) is 5.92 Å². The number of nitrogens with one attached hydrogen (secondary N) is 1. The maximum absolute atomic E-state index is 5.71. The summed E-state index contributed by atoms with van der Waals surface area (Å²) in [6.07, 6.45) is 2.35. The zero-order chi connectivity index (χ0) is 11.7.